The maximum Gasteiger partial charge on any atom is 0.320 e. The van der Waals surface area contributed by atoms with E-state index in [1.165, 1.54) is 6.33 Å². The maximum absolute atomic E-state index is 13.7. The van der Waals surface area contributed by atoms with Gasteiger partial charge >= 0.3 is 6.03 Å². The Morgan fingerprint density at radius 1 is 0.704 bits per heavy atom. The Balaban J connectivity index is 0.593. The lowest BCUT2D eigenvalue weighted by molar-refractivity contribution is -0.136. The molecule has 370 valence electrons. The first-order valence-corrected chi connectivity index (χ1v) is 25.6. The van der Waals surface area contributed by atoms with Gasteiger partial charge in [0.05, 0.1) is 22.6 Å². The van der Waals surface area contributed by atoms with Crippen molar-refractivity contribution in [3.63, 3.8) is 0 Å². The van der Waals surface area contributed by atoms with Crippen LogP contribution in [0.15, 0.2) is 79.1 Å². The molecule has 71 heavy (non-hydrogen) atoms. The number of urea groups is 1. The van der Waals surface area contributed by atoms with Crippen LogP contribution in [0.25, 0.3) is 22.3 Å². The average molecular weight is 963 g/mol. The van der Waals surface area contributed by atoms with Crippen molar-refractivity contribution in [1.82, 2.24) is 49.6 Å². The molecule has 1 unspecified atom stereocenters. The first-order chi connectivity index (χ1) is 34.6. The van der Waals surface area contributed by atoms with Crippen molar-refractivity contribution in [2.24, 2.45) is 5.92 Å². The Morgan fingerprint density at radius 2 is 1.39 bits per heavy atom. The summed E-state index contributed by atoms with van der Waals surface area (Å²) < 4.78 is 8.09. The number of carbonyl (C=O) groups is 5. The molecule has 0 radical (unpaired) electrons. The zero-order chi connectivity index (χ0) is 48.6. The number of para-hydroxylation sites is 1. The Kier molecular flexibility index (Phi) is 13.1. The van der Waals surface area contributed by atoms with Gasteiger partial charge in [-0.25, -0.2) is 19.4 Å². The molecule has 5 saturated heterocycles. The number of nitrogens with zero attached hydrogens (tertiary/aromatic N) is 10. The molecule has 6 aliphatic heterocycles. The summed E-state index contributed by atoms with van der Waals surface area (Å²) in [5.74, 6) is 0.630. The van der Waals surface area contributed by atoms with E-state index >= 15 is 0 Å². The minimum atomic E-state index is -0.966. The number of aromatic nitrogens is 4. The fraction of sp³-hybridized carbons (Fsp3) is 0.472. The van der Waals surface area contributed by atoms with Gasteiger partial charge in [-0.05, 0) is 125 Å². The van der Waals surface area contributed by atoms with Crippen LogP contribution in [0.2, 0.25) is 0 Å². The highest BCUT2D eigenvalue weighted by Crippen LogP contribution is 2.37. The molecule has 0 saturated carbocycles. The fourth-order valence-electron chi connectivity index (χ4n) is 11.8. The van der Waals surface area contributed by atoms with Crippen LogP contribution < -0.4 is 20.7 Å². The van der Waals surface area contributed by atoms with Gasteiger partial charge in [0.25, 0.3) is 11.8 Å². The van der Waals surface area contributed by atoms with Crippen molar-refractivity contribution >= 4 is 52.2 Å². The minimum absolute atomic E-state index is 0.0972. The molecule has 6 aliphatic rings. The summed E-state index contributed by atoms with van der Waals surface area (Å²) in [7, 11) is 0. The molecule has 3 aromatic carbocycles. The number of hydrogen-bond donors (Lipinski definition) is 2. The second-order valence-corrected chi connectivity index (χ2v) is 20.0. The molecule has 18 heteroatoms. The van der Waals surface area contributed by atoms with Crippen molar-refractivity contribution in [1.29, 1.82) is 0 Å². The highest BCUT2D eigenvalue weighted by Gasteiger charge is 2.45. The van der Waals surface area contributed by atoms with E-state index in [0.29, 0.717) is 28.9 Å². The number of benzene rings is 3. The Morgan fingerprint density at radius 3 is 2.13 bits per heavy atom. The van der Waals surface area contributed by atoms with E-state index in [9.17, 15) is 24.0 Å². The molecule has 5 aromatic rings. The Bertz CT molecular complexity index is 2790. The third-order valence-electron chi connectivity index (χ3n) is 15.9. The summed E-state index contributed by atoms with van der Waals surface area (Å²) in [6, 6.07) is 22.9. The molecule has 0 bridgehead atoms. The fourth-order valence-corrected chi connectivity index (χ4v) is 11.8. The number of nitrogen functional groups attached to an aromatic ring is 1. The second-order valence-electron chi connectivity index (χ2n) is 20.0. The van der Waals surface area contributed by atoms with Crippen LogP contribution in [-0.4, -0.2) is 158 Å². The van der Waals surface area contributed by atoms with E-state index in [1.807, 2.05) is 60.7 Å². The number of hydrogen-bond acceptors (Lipinski definition) is 13. The highest BCUT2D eigenvalue weighted by molar-refractivity contribution is 6.23. The lowest BCUT2D eigenvalue weighted by Crippen LogP contribution is -2.55. The number of piperidine rings is 4. The van der Waals surface area contributed by atoms with Gasteiger partial charge < -0.3 is 30.1 Å². The number of imide groups is 2. The van der Waals surface area contributed by atoms with Gasteiger partial charge in [-0.3, -0.25) is 34.3 Å². The number of piperazine rings is 1. The maximum atomic E-state index is 13.7. The van der Waals surface area contributed by atoms with Crippen molar-refractivity contribution in [2.45, 2.75) is 82.3 Å². The summed E-state index contributed by atoms with van der Waals surface area (Å²) in [6.45, 7) is 9.61. The summed E-state index contributed by atoms with van der Waals surface area (Å²) in [4.78, 5) is 85.9. The van der Waals surface area contributed by atoms with Crippen LogP contribution in [0.1, 0.15) is 91.0 Å². The molecule has 5 fully saturated rings. The van der Waals surface area contributed by atoms with Crippen molar-refractivity contribution < 1.29 is 28.7 Å². The van der Waals surface area contributed by atoms with E-state index in [-0.39, 0.29) is 30.8 Å². The molecule has 0 spiro atoms. The zero-order valence-corrected chi connectivity index (χ0v) is 40.2. The van der Waals surface area contributed by atoms with E-state index in [2.05, 4.69) is 44.5 Å². The van der Waals surface area contributed by atoms with E-state index < -0.39 is 23.8 Å². The van der Waals surface area contributed by atoms with Crippen LogP contribution in [-0.2, 0) is 9.59 Å². The predicted octanol–water partition coefficient (Wildman–Crippen LogP) is 5.80. The summed E-state index contributed by atoms with van der Waals surface area (Å²) in [5, 5.41) is 8.17. The normalized spacial score (nSPS) is 21.3. The van der Waals surface area contributed by atoms with Crippen molar-refractivity contribution in [3.05, 3.63) is 90.3 Å². The SMILES string of the molecule is Nc1ncnc2c1c(-c1ccc(Oc3ccccc3)cc1)nn2C1CCN(C2CCN(C(=O)N3CCN(CCCC4CCN(c5ccc6c(c5)C(=O)N(C5CCC(=O)NC5=O)C6=O)CC4)CC3)CC2)CC1. The predicted molar refractivity (Wildman–Crippen MR) is 267 cm³/mol. The zero-order valence-electron chi connectivity index (χ0n) is 40.2. The lowest BCUT2D eigenvalue weighted by atomic mass is 9.91. The van der Waals surface area contributed by atoms with Gasteiger partial charge in [0.1, 0.15) is 35.4 Å². The first-order valence-electron chi connectivity index (χ1n) is 25.6. The van der Waals surface area contributed by atoms with Gasteiger partial charge in [0.15, 0.2) is 5.65 Å². The monoisotopic (exact) mass is 962 g/mol. The molecule has 0 aliphatic carbocycles. The number of ether oxygens (including phenoxy) is 1. The molecular weight excluding hydrogens is 901 g/mol. The Labute approximate surface area is 413 Å². The number of rotatable bonds is 11. The van der Waals surface area contributed by atoms with Crippen molar-refractivity contribution in [2.75, 3.05) is 82.6 Å². The topological polar surface area (TPSA) is 196 Å². The first kappa shape index (κ1) is 46.5. The van der Waals surface area contributed by atoms with Crippen LogP contribution in [0.3, 0.4) is 0 Å². The van der Waals surface area contributed by atoms with E-state index in [0.717, 1.165) is 168 Å². The number of nitrogens with two attached hydrogens (primary N) is 1. The molecule has 3 N–H and O–H groups in total. The van der Waals surface area contributed by atoms with Gasteiger partial charge in [-0.1, -0.05) is 18.2 Å². The quantitative estimate of drug-likeness (QED) is 0.151. The molecular formula is C53H62N12O6. The number of likely N-dealkylation sites (tertiary alicyclic amines) is 2. The van der Waals surface area contributed by atoms with Crippen LogP contribution in [0.4, 0.5) is 16.3 Å². The van der Waals surface area contributed by atoms with Crippen LogP contribution in [0.5, 0.6) is 11.5 Å². The molecule has 1 atom stereocenters. The molecule has 6 amide bonds. The standard InChI is InChI=1S/C53H62N12O6/c54-48-46-47(36-8-11-41(12-9-36)71-40-6-2-1-3-7-40)58-65(49(46)56-34-55-48)38-20-25-60(26-21-38)37-18-27-62(28-19-37)53(70)63-31-29-59(30-32-63)22-4-5-35-16-23-61(24-17-35)39-10-13-42-43(33-39)52(69)64(51(42)68)44-14-15-45(66)57-50(44)67/h1-3,6-13,33-35,37-38,44H,4-5,14-32H2,(H2,54,55,56)(H,57,66,67). The van der Waals surface area contributed by atoms with Gasteiger partial charge in [0, 0.05) is 89.2 Å². The minimum Gasteiger partial charge on any atom is -0.457 e. The summed E-state index contributed by atoms with van der Waals surface area (Å²) in [6.07, 6.45) is 10.0. The number of fused-ring (bicyclic) bond motifs is 2. The molecule has 11 rings (SSSR count). The Hall–Kier alpha value is -6.92. The smallest absolute Gasteiger partial charge is 0.320 e. The average Bonchev–Trinajstić information content (AvgIpc) is 3.92. The number of amides is 6. The van der Waals surface area contributed by atoms with Crippen molar-refractivity contribution in [3.8, 4) is 22.8 Å². The molecule has 18 nitrogen and oxygen atoms in total. The number of nitrogens with one attached hydrogen (secondary N) is 1. The van der Waals surface area contributed by atoms with Gasteiger partial charge in [-0.15, -0.1) is 0 Å². The van der Waals surface area contributed by atoms with Crippen LogP contribution >= 0.6 is 0 Å². The second kappa shape index (κ2) is 20.1. The van der Waals surface area contributed by atoms with Gasteiger partial charge in [0.2, 0.25) is 11.8 Å². The number of carbonyl (C=O) groups excluding carboxylic acids is 5. The largest absolute Gasteiger partial charge is 0.457 e. The highest BCUT2D eigenvalue weighted by atomic mass is 16.5. The molecule has 8 heterocycles. The summed E-state index contributed by atoms with van der Waals surface area (Å²) >= 11 is 0. The van der Waals surface area contributed by atoms with E-state index in [1.54, 1.807) is 12.1 Å². The molecule has 2 aromatic heterocycles. The lowest BCUT2D eigenvalue weighted by Gasteiger charge is -2.43. The number of anilines is 2. The third-order valence-corrected chi connectivity index (χ3v) is 15.9. The van der Waals surface area contributed by atoms with Crippen LogP contribution in [0, 0.1) is 5.92 Å². The summed E-state index contributed by atoms with van der Waals surface area (Å²) in [5.41, 5.74) is 10.5. The van der Waals surface area contributed by atoms with E-state index in [4.69, 9.17) is 15.6 Å². The third kappa shape index (κ3) is 9.54. The van der Waals surface area contributed by atoms with Gasteiger partial charge in [-0.2, -0.15) is 5.10 Å².